The molecule has 0 saturated carbocycles. The van der Waals surface area contributed by atoms with Gasteiger partial charge in [0.25, 0.3) is 16.7 Å². The van der Waals surface area contributed by atoms with Gasteiger partial charge in [0.1, 0.15) is 49.9 Å². The Kier molecular flexibility index (Phi) is 30.7. The highest BCUT2D eigenvalue weighted by Crippen LogP contribution is 2.36. The number of nitrogens with one attached hydrogen (secondary N) is 6. The fourth-order valence-corrected chi connectivity index (χ4v) is 22.6. The van der Waals surface area contributed by atoms with Crippen LogP contribution in [0.2, 0.25) is 0 Å². The summed E-state index contributed by atoms with van der Waals surface area (Å²) in [5, 5.41) is 23.3. The van der Waals surface area contributed by atoms with Crippen molar-refractivity contribution >= 4 is 145 Å². The molecule has 6 N–H and O–H groups in total. The summed E-state index contributed by atoms with van der Waals surface area (Å²) in [6.45, 7) is 10.9. The highest BCUT2D eigenvalue weighted by Gasteiger charge is 2.40. The van der Waals surface area contributed by atoms with E-state index in [1.165, 1.54) is 23.9 Å². The molecule has 4 unspecified atom stereocenters. The molecule has 14 heterocycles. The largest absolute Gasteiger partial charge is 0.445 e. The van der Waals surface area contributed by atoms with Gasteiger partial charge in [-0.05, 0) is 250 Å². The molecule has 33 nitrogen and oxygen atoms in total. The van der Waals surface area contributed by atoms with Crippen molar-refractivity contribution in [1.29, 1.82) is 0 Å². The summed E-state index contributed by atoms with van der Waals surface area (Å²) in [5.41, 5.74) is 9.13. The van der Waals surface area contributed by atoms with Crippen molar-refractivity contribution < 1.29 is 38.8 Å². The molecule has 4 aliphatic heterocycles. The maximum atomic E-state index is 14.3. The summed E-state index contributed by atoms with van der Waals surface area (Å²) in [6.07, 6.45) is 16.5. The number of benzene rings is 6. The first-order chi connectivity index (χ1) is 69.2. The lowest BCUT2D eigenvalue weighted by molar-refractivity contribution is -0.106. The number of aromatic nitrogens is 13. The van der Waals surface area contributed by atoms with Gasteiger partial charge >= 0.3 is 6.18 Å². The number of pyridine rings is 4. The summed E-state index contributed by atoms with van der Waals surface area (Å²) >= 11 is 1.34. The molecule has 10 aromatic heterocycles. The van der Waals surface area contributed by atoms with E-state index in [9.17, 15) is 44.4 Å². The van der Waals surface area contributed by atoms with Crippen molar-refractivity contribution in [2.24, 2.45) is 0 Å². The molecule has 40 heteroatoms. The highest BCUT2D eigenvalue weighted by atomic mass is 32.2. The minimum absolute atomic E-state index is 0.0138. The van der Waals surface area contributed by atoms with Crippen molar-refractivity contribution in [2.45, 2.75) is 132 Å². The van der Waals surface area contributed by atoms with E-state index in [1.54, 1.807) is 82.6 Å². The third-order valence-corrected chi connectivity index (χ3v) is 31.4. The number of likely N-dealkylation sites (tertiary alicyclic amines) is 3. The summed E-state index contributed by atoms with van der Waals surface area (Å²) in [7, 11) is 2.27. The molecule has 0 spiro atoms. The lowest BCUT2D eigenvalue weighted by Gasteiger charge is -2.33. The molecule has 6 aromatic carbocycles. The van der Waals surface area contributed by atoms with Gasteiger partial charge in [-0.15, -0.1) is 11.3 Å². The Morgan fingerprint density at radius 3 is 1.74 bits per heavy atom. The second kappa shape index (κ2) is 44.4. The molecule has 0 radical (unpaired) electrons. The number of para-hydroxylation sites is 1. The van der Waals surface area contributed by atoms with E-state index in [4.69, 9.17) is 18.8 Å². The first-order valence-corrected chi connectivity index (χ1v) is 51.8. The van der Waals surface area contributed by atoms with E-state index < -0.39 is 60.6 Å². The number of hydrogen-bond donors (Lipinski definition) is 6. The fourth-order valence-electron chi connectivity index (χ4n) is 18.3. The molecule has 0 bridgehead atoms. The number of fused-ring (bicyclic) bond motifs is 3. The first-order valence-electron chi connectivity index (χ1n) is 47.0. The van der Waals surface area contributed by atoms with Gasteiger partial charge in [-0.3, -0.25) is 38.0 Å². The van der Waals surface area contributed by atoms with Gasteiger partial charge in [-0.1, -0.05) is 79.7 Å². The summed E-state index contributed by atoms with van der Waals surface area (Å²) < 4.78 is 107. The van der Waals surface area contributed by atoms with Gasteiger partial charge in [0.15, 0.2) is 33.7 Å². The fraction of sp³-hybridized carbons (Fsp3) is 0.291. The maximum Gasteiger partial charge on any atom is 0.403 e. The minimum atomic E-state index is -5.02. The van der Waals surface area contributed by atoms with Crippen molar-refractivity contribution in [3.63, 3.8) is 0 Å². The number of piperidine rings is 4. The van der Waals surface area contributed by atoms with Crippen molar-refractivity contribution in [2.75, 3.05) is 123 Å². The number of sulfone groups is 1. The SMILES string of the molecule is C=C(c1ccccc1)c1cc2cnc(Nc3ccc(NC4CCCN(C)C4)cc3)nc2n(Cc2ncoc2S(=O)(=O)CC(F)(F)F)c1=O.CN1CCC(Nc2ccc(Nc3ncc4cc(N(C)c5ccccc5)c(=O)n(Cc5ccccc5S(=O)c5nccs5)c4n3)cc2)CC1.CN1CCCCC1c1cc2cnc(Nc3ccc(N(C)C4CCNCC4)cc3)nc2n(Cc2ocnc2S(=O)c2ccncc2)c1=O. The van der Waals surface area contributed by atoms with Gasteiger partial charge in [-0.25, -0.2) is 46.7 Å². The average molecular weight is 2010 g/mol. The van der Waals surface area contributed by atoms with E-state index in [-0.39, 0.29) is 58.1 Å². The number of likely N-dealkylation sites (N-methyl/N-ethyl adjacent to an activating group) is 1. The Labute approximate surface area is 831 Å². The molecule has 4 atom stereocenters. The first kappa shape index (κ1) is 98.8. The van der Waals surface area contributed by atoms with Crippen LogP contribution in [-0.2, 0) is 51.1 Å². The Balaban J connectivity index is 0.000000141. The lowest BCUT2D eigenvalue weighted by atomic mass is 9.96. The Morgan fingerprint density at radius 2 is 1.13 bits per heavy atom. The van der Waals surface area contributed by atoms with E-state index >= 15 is 0 Å². The van der Waals surface area contributed by atoms with Gasteiger partial charge < -0.3 is 60.3 Å². The summed E-state index contributed by atoms with van der Waals surface area (Å²) in [6, 6.07) is 60.0. The number of nitrogens with zero attached hydrogens (tertiary/aromatic N) is 18. The number of thiazole rings is 1. The zero-order valence-corrected chi connectivity index (χ0v) is 82.5. The quantitative estimate of drug-likeness (QED) is 0.0253. The highest BCUT2D eigenvalue weighted by molar-refractivity contribution is 7.91. The normalized spacial score (nSPS) is 16.2. The number of halogens is 3. The van der Waals surface area contributed by atoms with E-state index in [0.717, 1.165) is 160 Å². The third kappa shape index (κ3) is 23.7. The van der Waals surface area contributed by atoms with Crippen LogP contribution in [0.25, 0.3) is 38.7 Å². The van der Waals surface area contributed by atoms with Gasteiger partial charge in [0, 0.05) is 159 Å². The van der Waals surface area contributed by atoms with Crippen molar-refractivity contribution in [3.05, 3.63) is 315 Å². The number of hydrogen-bond acceptors (Lipinski definition) is 31. The summed E-state index contributed by atoms with van der Waals surface area (Å²) in [5.74, 6) is -0.948. The van der Waals surface area contributed by atoms with Crippen LogP contribution in [-0.4, -0.2) is 206 Å². The topological polar surface area (TPSA) is 378 Å². The molecule has 20 rings (SSSR count). The molecular weight excluding hydrogens is 1900 g/mol. The zero-order chi connectivity index (χ0) is 99.4. The van der Waals surface area contributed by atoms with Crippen LogP contribution in [0.1, 0.15) is 97.5 Å². The van der Waals surface area contributed by atoms with Gasteiger partial charge in [0.05, 0.1) is 24.5 Å². The molecule has 4 fully saturated rings. The van der Waals surface area contributed by atoms with Crippen molar-refractivity contribution in [1.82, 2.24) is 83.6 Å². The van der Waals surface area contributed by atoms with Gasteiger partial charge in [0.2, 0.25) is 32.8 Å². The number of alkyl halides is 3. The molecule has 4 saturated heterocycles. The number of rotatable bonds is 29. The maximum absolute atomic E-state index is 14.3. The predicted molar refractivity (Wildman–Crippen MR) is 552 cm³/mol. The van der Waals surface area contributed by atoms with Crippen LogP contribution < -0.4 is 58.4 Å². The third-order valence-electron chi connectivity index (χ3n) is 25.9. The van der Waals surface area contributed by atoms with Crippen molar-refractivity contribution in [3.8, 4) is 0 Å². The predicted octanol–water partition coefficient (Wildman–Crippen LogP) is 16.4. The summed E-state index contributed by atoms with van der Waals surface area (Å²) in [4.78, 5) is 99.3. The smallest absolute Gasteiger partial charge is 0.403 e. The second-order valence-electron chi connectivity index (χ2n) is 35.8. The van der Waals surface area contributed by atoms with E-state index in [1.807, 2.05) is 139 Å². The molecule has 0 aliphatic carbocycles. The van der Waals surface area contributed by atoms with Crippen LogP contribution in [0.4, 0.5) is 76.5 Å². The Morgan fingerprint density at radius 1 is 0.552 bits per heavy atom. The monoisotopic (exact) mass is 2010 g/mol. The van der Waals surface area contributed by atoms with Gasteiger partial charge in [-0.2, -0.15) is 28.1 Å². The molecule has 143 heavy (non-hydrogen) atoms. The van der Waals surface area contributed by atoms with Crippen LogP contribution in [0.15, 0.2) is 297 Å². The van der Waals surface area contributed by atoms with Crippen LogP contribution >= 0.6 is 11.3 Å². The molecule has 0 amide bonds. The van der Waals surface area contributed by atoms with Crippen LogP contribution in [0, 0.1) is 0 Å². The average Bonchev–Trinajstić information content (AvgIpc) is 1.38. The Bertz CT molecular complexity index is 7550. The standard InChI is InChI=1S/C36H36N8O2S2.C34H39N9O3S.C33H32F3N7O4S/c1-42-19-16-29(17-20-42)39-27-12-14-28(15-13-27)40-35-38-23-26-22-31(43(2)30-9-4-3-5-10-30)34(45)44(33(26)41-35)24-25-8-6-7-11-32(25)48(46)36-37-18-21-47-36;1-41-18-4-3-5-29(41)28-19-23-20-37-34(39-24-6-8-25(9-7-24)42(2)26-10-14-35-15-11-26)40-31(23)43(33(28)44)21-30-32(38-22-46-30)47(45)27-12-16-36-17-13-27;1-21(22-7-4-3-5-8-22)27-15-23-16-37-32(40-25-12-10-24(11-13-25)39-26-9-6-14-42(2)17-26)41-29(23)43(30(27)44)18-28-31(47-20-38-28)48(45,46)19-33(34,35)36/h3-15,18,21-23,29,39H,16-17,19-20,24H2,1-2H3,(H,38,40,41);6-9,12-13,16-17,19-20,22,26,29,35H,3-5,10-11,14-15,18,21H2,1-2H3,(H,37,39,40);3-5,7-8,10-13,15-16,20,26,39H,1,6,9,14,17-19H2,2H3,(H,37,40,41). The zero-order valence-electron chi connectivity index (χ0n) is 79.2. The number of anilines is 11. The van der Waals surface area contributed by atoms with Crippen LogP contribution in [0.5, 0.6) is 0 Å². The van der Waals surface area contributed by atoms with E-state index in [0.29, 0.717) is 100 Å². The molecule has 16 aromatic rings. The van der Waals surface area contributed by atoms with Crippen LogP contribution in [0.3, 0.4) is 0 Å². The number of oxazole rings is 2. The molecule has 4 aliphatic rings. The second-order valence-corrected chi connectivity index (χ2v) is 41.6. The lowest BCUT2D eigenvalue weighted by Crippen LogP contribution is -2.41. The molecule has 738 valence electrons. The minimum Gasteiger partial charge on any atom is -0.445 e. The Hall–Kier alpha value is -14.4. The molecular formula is C103H107F3N24O9S4. The van der Waals surface area contributed by atoms with E-state index in [2.05, 4.69) is 150 Å².